The first-order valence-corrected chi connectivity index (χ1v) is 9.72. The molecule has 0 saturated carbocycles. The van der Waals surface area contributed by atoms with Crippen molar-refractivity contribution in [3.8, 4) is 5.75 Å². The third-order valence-corrected chi connectivity index (χ3v) is 5.50. The van der Waals surface area contributed by atoms with Crippen LogP contribution in [0.3, 0.4) is 0 Å². The van der Waals surface area contributed by atoms with Gasteiger partial charge in [-0.1, -0.05) is 0 Å². The minimum Gasteiger partial charge on any atom is -0.497 e. The maximum atomic E-state index is 5.25. The smallest absolute Gasteiger partial charge is 0.193 e. The third-order valence-electron chi connectivity index (χ3n) is 5.50. The number of methoxy groups -OCH3 is 1. The fraction of sp³-hybridized carbons (Fsp3) is 0.650. The van der Waals surface area contributed by atoms with Crippen molar-refractivity contribution in [1.82, 2.24) is 15.1 Å². The average molecular weight is 360 g/mol. The van der Waals surface area contributed by atoms with Gasteiger partial charge in [0.05, 0.1) is 7.11 Å². The fourth-order valence-corrected chi connectivity index (χ4v) is 3.98. The third kappa shape index (κ3) is 4.81. The number of likely N-dealkylation sites (tertiary alicyclic amines) is 1. The van der Waals surface area contributed by atoms with Crippen LogP contribution in [0.2, 0.25) is 0 Å². The molecule has 2 saturated heterocycles. The molecule has 0 aromatic heterocycles. The van der Waals surface area contributed by atoms with E-state index in [-0.39, 0.29) is 0 Å². The average Bonchev–Trinajstić information content (AvgIpc) is 2.69. The number of piperazine rings is 1. The van der Waals surface area contributed by atoms with Crippen LogP contribution in [0.25, 0.3) is 0 Å². The molecule has 1 N–H and O–H groups in total. The molecule has 2 fully saturated rings. The molecule has 1 atom stereocenters. The van der Waals surface area contributed by atoms with Crippen LogP contribution in [0.4, 0.5) is 5.69 Å². The van der Waals surface area contributed by atoms with E-state index in [4.69, 9.17) is 4.74 Å². The van der Waals surface area contributed by atoms with E-state index in [2.05, 4.69) is 44.2 Å². The second-order valence-electron chi connectivity index (χ2n) is 7.37. The molecule has 0 spiro atoms. The molecule has 2 aliphatic heterocycles. The maximum Gasteiger partial charge on any atom is 0.193 e. The zero-order valence-corrected chi connectivity index (χ0v) is 16.4. The molecule has 6 nitrogen and oxygen atoms in total. The zero-order chi connectivity index (χ0) is 18.4. The normalized spacial score (nSPS) is 22.4. The lowest BCUT2D eigenvalue weighted by molar-refractivity contribution is 0.209. The lowest BCUT2D eigenvalue weighted by atomic mass is 9.98. The summed E-state index contributed by atoms with van der Waals surface area (Å²) in [4.78, 5) is 11.8. The summed E-state index contributed by atoms with van der Waals surface area (Å²) in [6.07, 6.45) is 2.63. The van der Waals surface area contributed by atoms with Gasteiger partial charge < -0.3 is 24.8 Å². The Labute approximate surface area is 157 Å². The minimum absolute atomic E-state index is 0.728. The van der Waals surface area contributed by atoms with Gasteiger partial charge in [-0.05, 0) is 56.6 Å². The van der Waals surface area contributed by atoms with Gasteiger partial charge in [-0.3, -0.25) is 4.99 Å². The number of nitrogens with zero attached hydrogens (tertiary/aromatic N) is 4. The van der Waals surface area contributed by atoms with Crippen molar-refractivity contribution in [2.24, 2.45) is 10.9 Å². The van der Waals surface area contributed by atoms with E-state index < -0.39 is 0 Å². The van der Waals surface area contributed by atoms with Gasteiger partial charge >= 0.3 is 0 Å². The fourth-order valence-electron chi connectivity index (χ4n) is 3.98. The summed E-state index contributed by atoms with van der Waals surface area (Å²) in [7, 11) is 5.82. The molecule has 144 valence electrons. The standard InChI is InChI=1S/C20H33N5O/c1-21-20(22-15-17-5-4-10-23(2)16-17)25-13-11-24(12-14-25)18-6-8-19(26-3)9-7-18/h6-9,17H,4-5,10-16H2,1-3H3,(H,21,22). The Balaban J connectivity index is 1.47. The molecule has 26 heavy (non-hydrogen) atoms. The highest BCUT2D eigenvalue weighted by Gasteiger charge is 2.22. The SMILES string of the molecule is CN=C(NCC1CCCN(C)C1)N1CCN(c2ccc(OC)cc2)CC1. The first-order chi connectivity index (χ1) is 12.7. The van der Waals surface area contributed by atoms with Crippen LogP contribution < -0.4 is 15.0 Å². The number of ether oxygens (including phenoxy) is 1. The predicted molar refractivity (Wildman–Crippen MR) is 108 cm³/mol. The van der Waals surface area contributed by atoms with E-state index in [1.165, 1.54) is 31.6 Å². The molecule has 1 aromatic carbocycles. The summed E-state index contributed by atoms with van der Waals surface area (Å²) in [5.41, 5.74) is 1.26. The Bertz CT molecular complexity index is 580. The first-order valence-electron chi connectivity index (χ1n) is 9.72. The van der Waals surface area contributed by atoms with Gasteiger partial charge in [0.1, 0.15) is 5.75 Å². The number of nitrogens with one attached hydrogen (secondary N) is 1. The lowest BCUT2D eigenvalue weighted by Gasteiger charge is -2.38. The first kappa shape index (κ1) is 18.8. The Hall–Kier alpha value is -1.95. The highest BCUT2D eigenvalue weighted by molar-refractivity contribution is 5.80. The Morgan fingerprint density at radius 1 is 1.15 bits per heavy atom. The monoisotopic (exact) mass is 359 g/mol. The molecule has 0 amide bonds. The van der Waals surface area contributed by atoms with Crippen molar-refractivity contribution in [2.75, 3.05) is 71.9 Å². The largest absolute Gasteiger partial charge is 0.497 e. The Morgan fingerprint density at radius 3 is 2.50 bits per heavy atom. The topological polar surface area (TPSA) is 43.3 Å². The van der Waals surface area contributed by atoms with Crippen LogP contribution in [0.15, 0.2) is 29.3 Å². The highest BCUT2D eigenvalue weighted by atomic mass is 16.5. The Morgan fingerprint density at radius 2 is 1.88 bits per heavy atom. The van der Waals surface area contributed by atoms with E-state index in [0.717, 1.165) is 50.4 Å². The molecule has 1 aromatic rings. The van der Waals surface area contributed by atoms with Gasteiger partial charge in [0.15, 0.2) is 5.96 Å². The molecule has 1 unspecified atom stereocenters. The van der Waals surface area contributed by atoms with E-state index in [9.17, 15) is 0 Å². The lowest BCUT2D eigenvalue weighted by Crippen LogP contribution is -2.53. The predicted octanol–water partition coefficient (Wildman–Crippen LogP) is 1.73. The van der Waals surface area contributed by atoms with Crippen LogP contribution in [0.5, 0.6) is 5.75 Å². The number of piperidine rings is 1. The molecular formula is C20H33N5O. The summed E-state index contributed by atoms with van der Waals surface area (Å²) in [6, 6.07) is 8.34. The Kier molecular flexibility index (Phi) is 6.61. The van der Waals surface area contributed by atoms with E-state index in [1.54, 1.807) is 7.11 Å². The van der Waals surface area contributed by atoms with Crippen molar-refractivity contribution in [3.05, 3.63) is 24.3 Å². The molecular weight excluding hydrogens is 326 g/mol. The molecule has 0 bridgehead atoms. The molecule has 3 rings (SSSR count). The number of rotatable bonds is 4. The maximum absolute atomic E-state index is 5.25. The summed E-state index contributed by atoms with van der Waals surface area (Å²) in [5, 5.41) is 3.61. The van der Waals surface area contributed by atoms with Crippen molar-refractivity contribution in [2.45, 2.75) is 12.8 Å². The van der Waals surface area contributed by atoms with E-state index in [0.29, 0.717) is 0 Å². The second kappa shape index (κ2) is 9.12. The van der Waals surface area contributed by atoms with Gasteiger partial charge in [-0.2, -0.15) is 0 Å². The zero-order valence-electron chi connectivity index (χ0n) is 16.4. The van der Waals surface area contributed by atoms with Crippen LogP contribution in [-0.4, -0.2) is 82.8 Å². The number of hydrogen-bond acceptors (Lipinski definition) is 4. The van der Waals surface area contributed by atoms with Gasteiger partial charge in [0.2, 0.25) is 0 Å². The number of hydrogen-bond donors (Lipinski definition) is 1. The number of anilines is 1. The van der Waals surface area contributed by atoms with Crippen LogP contribution in [-0.2, 0) is 0 Å². The summed E-state index contributed by atoms with van der Waals surface area (Å²) in [6.45, 7) is 7.47. The van der Waals surface area contributed by atoms with Crippen molar-refractivity contribution >= 4 is 11.6 Å². The molecule has 0 aliphatic carbocycles. The minimum atomic E-state index is 0.728. The van der Waals surface area contributed by atoms with Crippen LogP contribution in [0, 0.1) is 5.92 Å². The number of guanidine groups is 1. The molecule has 2 aliphatic rings. The summed E-state index contributed by atoms with van der Waals surface area (Å²) in [5.74, 6) is 2.68. The molecule has 6 heteroatoms. The van der Waals surface area contributed by atoms with Crippen molar-refractivity contribution < 1.29 is 4.74 Å². The van der Waals surface area contributed by atoms with Gasteiger partial charge in [-0.15, -0.1) is 0 Å². The van der Waals surface area contributed by atoms with Crippen molar-refractivity contribution in [3.63, 3.8) is 0 Å². The van der Waals surface area contributed by atoms with Gasteiger partial charge in [0.25, 0.3) is 0 Å². The molecule has 0 radical (unpaired) electrons. The van der Waals surface area contributed by atoms with Gasteiger partial charge in [0, 0.05) is 52.0 Å². The van der Waals surface area contributed by atoms with Crippen LogP contribution >= 0.6 is 0 Å². The number of aliphatic imine (C=N–C) groups is 1. The summed E-state index contributed by atoms with van der Waals surface area (Å²) < 4.78 is 5.25. The van der Waals surface area contributed by atoms with Gasteiger partial charge in [-0.25, -0.2) is 0 Å². The quantitative estimate of drug-likeness (QED) is 0.655. The molecule has 2 heterocycles. The van der Waals surface area contributed by atoms with Crippen LogP contribution in [0.1, 0.15) is 12.8 Å². The highest BCUT2D eigenvalue weighted by Crippen LogP contribution is 2.20. The van der Waals surface area contributed by atoms with E-state index >= 15 is 0 Å². The second-order valence-corrected chi connectivity index (χ2v) is 7.37. The van der Waals surface area contributed by atoms with Crippen molar-refractivity contribution in [1.29, 1.82) is 0 Å². The van der Waals surface area contributed by atoms with E-state index in [1.807, 2.05) is 19.2 Å². The number of benzene rings is 1. The summed E-state index contributed by atoms with van der Waals surface area (Å²) >= 11 is 0.